The molecule has 0 bridgehead atoms. The van der Waals surface area contributed by atoms with Crippen LogP contribution in [0.3, 0.4) is 0 Å². The highest BCUT2D eigenvalue weighted by Gasteiger charge is 1.99. The number of hydrogen-bond donors (Lipinski definition) is 1. The molecule has 0 aliphatic carbocycles. The Morgan fingerprint density at radius 3 is 2.19 bits per heavy atom. The quantitative estimate of drug-likeness (QED) is 0.856. The summed E-state index contributed by atoms with van der Waals surface area (Å²) in [6.07, 6.45) is 0. The molecule has 0 heterocycles. The molecule has 0 saturated heterocycles. The molecule has 0 atom stereocenters. The van der Waals surface area contributed by atoms with Gasteiger partial charge in [-0.3, -0.25) is 0 Å². The molecule has 0 fully saturated rings. The fourth-order valence-corrected chi connectivity index (χ4v) is 1.35. The number of ether oxygens (including phenoxy) is 2. The average Bonchev–Trinajstić information content (AvgIpc) is 2.29. The zero-order valence-corrected chi connectivity index (χ0v) is 8.88. The van der Waals surface area contributed by atoms with Gasteiger partial charge in [0, 0.05) is 12.1 Å². The van der Waals surface area contributed by atoms with Crippen LogP contribution in [0.4, 0.5) is 0 Å². The van der Waals surface area contributed by atoms with Crippen LogP contribution >= 0.6 is 0 Å². The van der Waals surface area contributed by atoms with Gasteiger partial charge in [-0.2, -0.15) is 0 Å². The Labute approximate surface area is 93.9 Å². The second kappa shape index (κ2) is 4.57. The Balaban J connectivity index is 2.20. The van der Waals surface area contributed by atoms with E-state index < -0.39 is 0 Å². The highest BCUT2D eigenvalue weighted by atomic mass is 16.5. The van der Waals surface area contributed by atoms with Crippen LogP contribution in [0, 0.1) is 0 Å². The number of benzene rings is 2. The summed E-state index contributed by atoms with van der Waals surface area (Å²) in [5, 5.41) is 9.29. The van der Waals surface area contributed by atoms with Crippen LogP contribution in [0.5, 0.6) is 23.0 Å². The van der Waals surface area contributed by atoms with E-state index in [0.717, 1.165) is 5.75 Å². The van der Waals surface area contributed by atoms with Crippen molar-refractivity contribution >= 4 is 0 Å². The third-order valence-corrected chi connectivity index (χ3v) is 2.09. The first kappa shape index (κ1) is 10.4. The van der Waals surface area contributed by atoms with Crippen molar-refractivity contribution < 1.29 is 14.6 Å². The lowest BCUT2D eigenvalue weighted by Crippen LogP contribution is -1.86. The van der Waals surface area contributed by atoms with Crippen LogP contribution in [0.15, 0.2) is 48.5 Å². The van der Waals surface area contributed by atoms with E-state index in [-0.39, 0.29) is 5.75 Å². The first-order valence-corrected chi connectivity index (χ1v) is 4.89. The van der Waals surface area contributed by atoms with Crippen molar-refractivity contribution in [1.82, 2.24) is 0 Å². The molecule has 16 heavy (non-hydrogen) atoms. The monoisotopic (exact) mass is 216 g/mol. The van der Waals surface area contributed by atoms with E-state index >= 15 is 0 Å². The highest BCUT2D eigenvalue weighted by Crippen LogP contribution is 2.26. The van der Waals surface area contributed by atoms with E-state index in [0.29, 0.717) is 11.5 Å². The minimum Gasteiger partial charge on any atom is -0.508 e. The molecule has 0 aliphatic rings. The highest BCUT2D eigenvalue weighted by molar-refractivity contribution is 5.39. The Kier molecular flexibility index (Phi) is 2.96. The molecule has 0 unspecified atom stereocenters. The van der Waals surface area contributed by atoms with Gasteiger partial charge in [-0.1, -0.05) is 12.1 Å². The van der Waals surface area contributed by atoms with E-state index in [2.05, 4.69) is 0 Å². The summed E-state index contributed by atoms with van der Waals surface area (Å²) in [6, 6.07) is 13.9. The molecule has 0 amide bonds. The van der Waals surface area contributed by atoms with Crippen LogP contribution in [0.1, 0.15) is 0 Å². The van der Waals surface area contributed by atoms with Gasteiger partial charge in [0.25, 0.3) is 0 Å². The Hall–Kier alpha value is -2.16. The summed E-state index contributed by atoms with van der Waals surface area (Å²) in [5.41, 5.74) is 0. The summed E-state index contributed by atoms with van der Waals surface area (Å²) >= 11 is 0. The number of rotatable bonds is 3. The van der Waals surface area contributed by atoms with Gasteiger partial charge in [0.1, 0.15) is 23.0 Å². The van der Waals surface area contributed by atoms with E-state index in [4.69, 9.17) is 9.47 Å². The van der Waals surface area contributed by atoms with Crippen molar-refractivity contribution in [3.8, 4) is 23.0 Å². The summed E-state index contributed by atoms with van der Waals surface area (Å²) < 4.78 is 10.6. The first-order chi connectivity index (χ1) is 7.78. The second-order valence-corrected chi connectivity index (χ2v) is 3.28. The molecule has 0 saturated carbocycles. The van der Waals surface area contributed by atoms with E-state index in [1.165, 1.54) is 0 Å². The number of hydrogen-bond acceptors (Lipinski definition) is 3. The van der Waals surface area contributed by atoms with Crippen LogP contribution in [0.25, 0.3) is 0 Å². The third kappa shape index (κ3) is 2.45. The van der Waals surface area contributed by atoms with Gasteiger partial charge in [0.05, 0.1) is 7.11 Å². The van der Waals surface area contributed by atoms with Gasteiger partial charge in [-0.05, 0) is 24.3 Å². The van der Waals surface area contributed by atoms with Crippen LogP contribution < -0.4 is 9.47 Å². The smallest absolute Gasteiger partial charge is 0.131 e. The maximum Gasteiger partial charge on any atom is 0.131 e. The van der Waals surface area contributed by atoms with Gasteiger partial charge in [-0.25, -0.2) is 0 Å². The SMILES string of the molecule is COc1cccc(Oc2cccc(O)c2)c1. The summed E-state index contributed by atoms with van der Waals surface area (Å²) in [4.78, 5) is 0. The minimum atomic E-state index is 0.181. The van der Waals surface area contributed by atoms with Gasteiger partial charge in [0.15, 0.2) is 0 Å². The molecule has 0 aromatic heterocycles. The lowest BCUT2D eigenvalue weighted by atomic mass is 10.3. The lowest BCUT2D eigenvalue weighted by molar-refractivity contribution is 0.408. The summed E-state index contributed by atoms with van der Waals surface area (Å²) in [6.45, 7) is 0. The molecule has 3 heteroatoms. The van der Waals surface area contributed by atoms with Crippen molar-refractivity contribution in [2.75, 3.05) is 7.11 Å². The van der Waals surface area contributed by atoms with Gasteiger partial charge in [0.2, 0.25) is 0 Å². The van der Waals surface area contributed by atoms with E-state index in [1.54, 1.807) is 37.4 Å². The lowest BCUT2D eigenvalue weighted by Gasteiger charge is -2.07. The first-order valence-electron chi connectivity index (χ1n) is 4.89. The van der Waals surface area contributed by atoms with Gasteiger partial charge >= 0.3 is 0 Å². The molecule has 2 aromatic rings. The number of phenols is 1. The molecular formula is C13H12O3. The largest absolute Gasteiger partial charge is 0.508 e. The number of aromatic hydroxyl groups is 1. The predicted molar refractivity (Wildman–Crippen MR) is 61.2 cm³/mol. The molecule has 3 nitrogen and oxygen atoms in total. The number of methoxy groups -OCH3 is 1. The van der Waals surface area contributed by atoms with Crippen LogP contribution in [-0.2, 0) is 0 Å². The molecular weight excluding hydrogens is 204 g/mol. The third-order valence-electron chi connectivity index (χ3n) is 2.09. The molecule has 2 aromatic carbocycles. The van der Waals surface area contributed by atoms with Crippen LogP contribution in [-0.4, -0.2) is 12.2 Å². The topological polar surface area (TPSA) is 38.7 Å². The van der Waals surface area contributed by atoms with Crippen molar-refractivity contribution in [3.63, 3.8) is 0 Å². The maximum atomic E-state index is 9.29. The van der Waals surface area contributed by atoms with Crippen molar-refractivity contribution in [2.24, 2.45) is 0 Å². The van der Waals surface area contributed by atoms with Crippen LogP contribution in [0.2, 0.25) is 0 Å². The summed E-state index contributed by atoms with van der Waals surface area (Å²) in [7, 11) is 1.60. The Bertz CT molecular complexity index is 480. The molecule has 0 aliphatic heterocycles. The molecule has 82 valence electrons. The molecule has 0 spiro atoms. The Morgan fingerprint density at radius 2 is 1.50 bits per heavy atom. The minimum absolute atomic E-state index is 0.181. The maximum absolute atomic E-state index is 9.29. The molecule has 0 radical (unpaired) electrons. The zero-order chi connectivity index (χ0) is 11.4. The molecule has 2 rings (SSSR count). The molecule has 1 N–H and O–H groups in total. The second-order valence-electron chi connectivity index (χ2n) is 3.28. The fraction of sp³-hybridized carbons (Fsp3) is 0.0769. The fourth-order valence-electron chi connectivity index (χ4n) is 1.35. The predicted octanol–water partition coefficient (Wildman–Crippen LogP) is 3.19. The Morgan fingerprint density at radius 1 is 0.875 bits per heavy atom. The van der Waals surface area contributed by atoms with Crippen molar-refractivity contribution in [2.45, 2.75) is 0 Å². The van der Waals surface area contributed by atoms with Gasteiger partial charge in [-0.15, -0.1) is 0 Å². The van der Waals surface area contributed by atoms with Crippen molar-refractivity contribution in [3.05, 3.63) is 48.5 Å². The average molecular weight is 216 g/mol. The standard InChI is InChI=1S/C13H12O3/c1-15-11-5-3-7-13(9-11)16-12-6-2-4-10(14)8-12/h2-9,14H,1H3. The zero-order valence-electron chi connectivity index (χ0n) is 8.88. The number of phenolic OH excluding ortho intramolecular Hbond substituents is 1. The summed E-state index contributed by atoms with van der Waals surface area (Å²) in [5.74, 6) is 2.18. The van der Waals surface area contributed by atoms with Gasteiger partial charge < -0.3 is 14.6 Å². The normalized spacial score (nSPS) is 9.81. The van der Waals surface area contributed by atoms with E-state index in [9.17, 15) is 5.11 Å². The van der Waals surface area contributed by atoms with E-state index in [1.807, 2.05) is 18.2 Å². The van der Waals surface area contributed by atoms with Crippen molar-refractivity contribution in [1.29, 1.82) is 0 Å².